The quantitative estimate of drug-likeness (QED) is 0.357. The Hall–Kier alpha value is -3.12. The Balaban J connectivity index is 1.66. The zero-order valence-electron chi connectivity index (χ0n) is 16.2. The molecule has 0 nitrogen and oxygen atoms in total. The van der Waals surface area contributed by atoms with E-state index in [2.05, 4.69) is 112 Å². The molecule has 0 unspecified atom stereocenters. The van der Waals surface area contributed by atoms with E-state index < -0.39 is 0 Å². The Labute approximate surface area is 162 Å². The lowest BCUT2D eigenvalue weighted by Crippen LogP contribution is -1.85. The third kappa shape index (κ3) is 3.85. The predicted octanol–water partition coefficient (Wildman–Crippen LogP) is 7.61. The predicted molar refractivity (Wildman–Crippen MR) is 117 cm³/mol. The Morgan fingerprint density at radius 2 is 0.778 bits per heavy atom. The van der Waals surface area contributed by atoms with Crippen molar-refractivity contribution < 1.29 is 0 Å². The molecule has 0 N–H and O–H groups in total. The molecule has 0 saturated heterocycles. The lowest BCUT2D eigenvalue weighted by molar-refractivity contribution is 1.38. The fraction of sp³-hybridized carbons (Fsp3) is 0.111. The summed E-state index contributed by atoms with van der Waals surface area (Å²) in [6, 6.07) is 33.1. The molecule has 0 radical (unpaired) electrons. The van der Waals surface area contributed by atoms with Crippen LogP contribution in [0.15, 0.2) is 91.0 Å². The zero-order chi connectivity index (χ0) is 18.8. The molecule has 4 aromatic carbocycles. The van der Waals surface area contributed by atoms with Crippen LogP contribution in [-0.4, -0.2) is 0 Å². The first-order chi connectivity index (χ1) is 13.1. The molecule has 0 heterocycles. The molecule has 0 aliphatic heterocycles. The monoisotopic (exact) mass is 348 g/mol. The molecule has 132 valence electrons. The third-order valence-corrected chi connectivity index (χ3v) is 5.02. The molecule has 0 aliphatic carbocycles. The van der Waals surface area contributed by atoms with Gasteiger partial charge in [0.05, 0.1) is 0 Å². The van der Waals surface area contributed by atoms with Crippen molar-refractivity contribution in [1.82, 2.24) is 0 Å². The Kier molecular flexibility index (Phi) is 4.64. The average Bonchev–Trinajstić information content (AvgIpc) is 2.68. The smallest absolute Gasteiger partial charge is 0.0178 e. The van der Waals surface area contributed by atoms with Crippen molar-refractivity contribution in [3.8, 4) is 33.4 Å². The standard InChI is InChI=1S/C27H24/c1-19-7-9-22(10-8-19)25-5-4-6-26(18-25)23-11-13-24(14-12-23)27-16-20(2)15-21(3)17-27/h4-18H,1-3H3. The fourth-order valence-corrected chi connectivity index (χ4v) is 3.62. The Morgan fingerprint density at radius 3 is 1.30 bits per heavy atom. The van der Waals surface area contributed by atoms with Gasteiger partial charge in [0.15, 0.2) is 0 Å². The van der Waals surface area contributed by atoms with Gasteiger partial charge in [-0.3, -0.25) is 0 Å². The van der Waals surface area contributed by atoms with Crippen LogP contribution in [0.5, 0.6) is 0 Å². The molecule has 0 heteroatoms. The fourth-order valence-electron chi connectivity index (χ4n) is 3.62. The minimum atomic E-state index is 1.25. The van der Waals surface area contributed by atoms with Gasteiger partial charge in [-0.1, -0.05) is 102 Å². The lowest BCUT2D eigenvalue weighted by atomic mass is 9.96. The molecule has 0 atom stereocenters. The van der Waals surface area contributed by atoms with Gasteiger partial charge in [0.25, 0.3) is 0 Å². The van der Waals surface area contributed by atoms with Gasteiger partial charge in [-0.2, -0.15) is 0 Å². The van der Waals surface area contributed by atoms with Crippen LogP contribution < -0.4 is 0 Å². The van der Waals surface area contributed by atoms with Crippen LogP contribution in [0.3, 0.4) is 0 Å². The van der Waals surface area contributed by atoms with Crippen molar-refractivity contribution in [3.63, 3.8) is 0 Å². The van der Waals surface area contributed by atoms with Crippen LogP contribution in [0.2, 0.25) is 0 Å². The van der Waals surface area contributed by atoms with Crippen LogP contribution in [0.25, 0.3) is 33.4 Å². The number of aryl methyl sites for hydroxylation is 3. The number of hydrogen-bond donors (Lipinski definition) is 0. The molecule has 0 aromatic heterocycles. The van der Waals surface area contributed by atoms with Crippen molar-refractivity contribution in [1.29, 1.82) is 0 Å². The Morgan fingerprint density at radius 1 is 0.333 bits per heavy atom. The summed E-state index contributed by atoms with van der Waals surface area (Å²) in [7, 11) is 0. The highest BCUT2D eigenvalue weighted by Gasteiger charge is 2.04. The van der Waals surface area contributed by atoms with Crippen molar-refractivity contribution >= 4 is 0 Å². The minimum Gasteiger partial charge on any atom is -0.0610 e. The maximum absolute atomic E-state index is 2.27. The van der Waals surface area contributed by atoms with Crippen molar-refractivity contribution in [2.45, 2.75) is 20.8 Å². The van der Waals surface area contributed by atoms with E-state index in [1.165, 1.54) is 50.1 Å². The molecule has 0 amide bonds. The van der Waals surface area contributed by atoms with Crippen LogP contribution in [0.1, 0.15) is 16.7 Å². The van der Waals surface area contributed by atoms with Crippen molar-refractivity contribution in [2.75, 3.05) is 0 Å². The summed E-state index contributed by atoms with van der Waals surface area (Å²) in [6.07, 6.45) is 0. The van der Waals surface area contributed by atoms with Gasteiger partial charge in [0, 0.05) is 0 Å². The molecule has 0 spiro atoms. The van der Waals surface area contributed by atoms with E-state index in [0.717, 1.165) is 0 Å². The third-order valence-electron chi connectivity index (χ3n) is 5.02. The first kappa shape index (κ1) is 17.3. The molecular weight excluding hydrogens is 324 g/mol. The molecule has 0 bridgehead atoms. The zero-order valence-corrected chi connectivity index (χ0v) is 16.2. The van der Waals surface area contributed by atoms with Gasteiger partial charge in [-0.15, -0.1) is 0 Å². The highest BCUT2D eigenvalue weighted by molar-refractivity contribution is 5.75. The molecule has 0 saturated carbocycles. The summed E-state index contributed by atoms with van der Waals surface area (Å²) in [6.45, 7) is 6.43. The maximum atomic E-state index is 2.27. The molecule has 4 rings (SSSR count). The van der Waals surface area contributed by atoms with E-state index in [-0.39, 0.29) is 0 Å². The first-order valence-electron chi connectivity index (χ1n) is 9.45. The molecule has 4 aromatic rings. The normalized spacial score (nSPS) is 10.8. The second kappa shape index (κ2) is 7.25. The van der Waals surface area contributed by atoms with Crippen LogP contribution in [0.4, 0.5) is 0 Å². The van der Waals surface area contributed by atoms with Gasteiger partial charge in [-0.05, 0) is 60.2 Å². The largest absolute Gasteiger partial charge is 0.0610 e. The molecule has 27 heavy (non-hydrogen) atoms. The highest BCUT2D eigenvalue weighted by atomic mass is 14.1. The van der Waals surface area contributed by atoms with Crippen molar-refractivity contribution in [3.05, 3.63) is 108 Å². The second-order valence-corrected chi connectivity index (χ2v) is 7.40. The maximum Gasteiger partial charge on any atom is -0.0178 e. The average molecular weight is 348 g/mol. The van der Waals surface area contributed by atoms with E-state index in [1.807, 2.05) is 0 Å². The summed E-state index contributed by atoms with van der Waals surface area (Å²) in [5, 5.41) is 0. The second-order valence-electron chi connectivity index (χ2n) is 7.40. The van der Waals surface area contributed by atoms with Gasteiger partial charge in [0.1, 0.15) is 0 Å². The van der Waals surface area contributed by atoms with E-state index >= 15 is 0 Å². The van der Waals surface area contributed by atoms with E-state index in [1.54, 1.807) is 0 Å². The topological polar surface area (TPSA) is 0 Å². The van der Waals surface area contributed by atoms with Crippen molar-refractivity contribution in [2.24, 2.45) is 0 Å². The molecular formula is C27H24. The summed E-state index contributed by atoms with van der Waals surface area (Å²) in [5.41, 5.74) is 11.5. The molecule has 0 aliphatic rings. The van der Waals surface area contributed by atoms with E-state index in [0.29, 0.717) is 0 Å². The molecule has 0 fully saturated rings. The van der Waals surface area contributed by atoms with Gasteiger partial charge < -0.3 is 0 Å². The van der Waals surface area contributed by atoms with Crippen LogP contribution >= 0.6 is 0 Å². The minimum absolute atomic E-state index is 1.25. The Bertz CT molecular complexity index is 1050. The summed E-state index contributed by atoms with van der Waals surface area (Å²) in [4.78, 5) is 0. The SMILES string of the molecule is Cc1ccc(-c2cccc(-c3ccc(-c4cc(C)cc(C)c4)cc3)c2)cc1. The van der Waals surface area contributed by atoms with Crippen LogP contribution in [0, 0.1) is 20.8 Å². The number of hydrogen-bond acceptors (Lipinski definition) is 0. The van der Waals surface area contributed by atoms with Gasteiger partial charge in [0.2, 0.25) is 0 Å². The summed E-state index contributed by atoms with van der Waals surface area (Å²) < 4.78 is 0. The van der Waals surface area contributed by atoms with E-state index in [4.69, 9.17) is 0 Å². The van der Waals surface area contributed by atoms with Gasteiger partial charge >= 0.3 is 0 Å². The van der Waals surface area contributed by atoms with Crippen LogP contribution in [-0.2, 0) is 0 Å². The summed E-state index contributed by atoms with van der Waals surface area (Å²) in [5.74, 6) is 0. The highest BCUT2D eigenvalue weighted by Crippen LogP contribution is 2.29. The number of benzene rings is 4. The lowest BCUT2D eigenvalue weighted by Gasteiger charge is -2.09. The number of rotatable bonds is 3. The summed E-state index contributed by atoms with van der Waals surface area (Å²) >= 11 is 0. The van der Waals surface area contributed by atoms with Gasteiger partial charge in [-0.25, -0.2) is 0 Å². The van der Waals surface area contributed by atoms with E-state index in [9.17, 15) is 0 Å². The first-order valence-corrected chi connectivity index (χ1v) is 9.45.